The van der Waals surface area contributed by atoms with E-state index in [1.165, 1.54) is 14.2 Å². The second-order valence-corrected chi connectivity index (χ2v) is 6.24. The molecule has 13 nitrogen and oxygen atoms in total. The van der Waals surface area contributed by atoms with Crippen LogP contribution in [0, 0.1) is 0 Å². The van der Waals surface area contributed by atoms with Gasteiger partial charge in [0.15, 0.2) is 24.8 Å². The van der Waals surface area contributed by atoms with Crippen LogP contribution < -0.4 is 0 Å². The maximum Gasteiger partial charge on any atom is 0.335 e. The van der Waals surface area contributed by atoms with E-state index in [2.05, 4.69) is 0 Å². The van der Waals surface area contributed by atoms with Gasteiger partial charge in [0.2, 0.25) is 0 Å². The average molecular weight is 412 g/mol. The molecule has 5 N–H and O–H groups in total. The van der Waals surface area contributed by atoms with Crippen LogP contribution in [-0.2, 0) is 38.0 Å². The summed E-state index contributed by atoms with van der Waals surface area (Å²) in [4.78, 5) is 23.0. The summed E-state index contributed by atoms with van der Waals surface area (Å²) in [5.74, 6) is -2.99. The van der Waals surface area contributed by atoms with Crippen molar-refractivity contribution in [3.8, 4) is 0 Å². The minimum Gasteiger partial charge on any atom is -0.479 e. The fourth-order valence-corrected chi connectivity index (χ4v) is 3.21. The van der Waals surface area contributed by atoms with Crippen molar-refractivity contribution in [3.05, 3.63) is 0 Å². The largest absolute Gasteiger partial charge is 0.479 e. The number of aliphatic carboxylic acids is 2. The number of carboxylic acid groups (broad SMARTS) is 2. The molecule has 0 saturated carbocycles. The van der Waals surface area contributed by atoms with Crippen molar-refractivity contribution < 1.29 is 63.5 Å². The van der Waals surface area contributed by atoms with Gasteiger partial charge >= 0.3 is 11.9 Å². The molecule has 13 heteroatoms. The van der Waals surface area contributed by atoms with E-state index in [1.54, 1.807) is 0 Å². The molecule has 2 aliphatic heterocycles. The number of ether oxygens (including phenoxy) is 6. The average Bonchev–Trinajstić information content (AvgIpc) is 2.65. The standard InChI is InChI=1S/C15H24O13/c1-23-7-4(16)5(17)15(28-10(7)12(19)20)26-9-8(24-2)6(18)14(25-3)27-11(9)13(21)22/h4-11,14-18H,1-3H3,(H,19,20)(H,21,22)/t4?,5?,6-,7?,8+,9+,10+,11?,14?,15-/m0/s1. The van der Waals surface area contributed by atoms with Crippen LogP contribution in [0.15, 0.2) is 0 Å². The number of aliphatic hydroxyl groups excluding tert-OH is 3. The molecular weight excluding hydrogens is 388 g/mol. The fourth-order valence-electron chi connectivity index (χ4n) is 3.21. The van der Waals surface area contributed by atoms with Crippen LogP contribution in [-0.4, -0.2) is 120 Å². The molecule has 2 fully saturated rings. The van der Waals surface area contributed by atoms with Gasteiger partial charge in [-0.25, -0.2) is 9.59 Å². The summed E-state index contributed by atoms with van der Waals surface area (Å²) in [7, 11) is 3.49. The number of methoxy groups -OCH3 is 3. The first-order chi connectivity index (χ1) is 13.2. The Morgan fingerprint density at radius 1 is 0.679 bits per heavy atom. The van der Waals surface area contributed by atoms with E-state index in [4.69, 9.17) is 28.4 Å². The Morgan fingerprint density at radius 3 is 1.64 bits per heavy atom. The highest BCUT2D eigenvalue weighted by Gasteiger charge is 2.54. The van der Waals surface area contributed by atoms with Crippen LogP contribution in [0.2, 0.25) is 0 Å². The summed E-state index contributed by atoms with van der Waals surface area (Å²) >= 11 is 0. The molecule has 2 heterocycles. The van der Waals surface area contributed by atoms with Gasteiger partial charge in [-0.1, -0.05) is 0 Å². The summed E-state index contributed by atoms with van der Waals surface area (Å²) in [5, 5.41) is 49.3. The predicted molar refractivity (Wildman–Crippen MR) is 84.1 cm³/mol. The third kappa shape index (κ3) is 4.27. The second kappa shape index (κ2) is 9.39. The maximum atomic E-state index is 11.6. The molecule has 0 aliphatic carbocycles. The Morgan fingerprint density at radius 2 is 1.18 bits per heavy atom. The molecule has 0 aromatic carbocycles. The first-order valence-corrected chi connectivity index (χ1v) is 8.22. The quantitative estimate of drug-likeness (QED) is 0.280. The van der Waals surface area contributed by atoms with Gasteiger partial charge in [0.05, 0.1) is 0 Å². The molecule has 2 aliphatic rings. The molecule has 162 valence electrons. The zero-order chi connectivity index (χ0) is 21.2. The maximum absolute atomic E-state index is 11.6. The summed E-state index contributed by atoms with van der Waals surface area (Å²) in [6, 6.07) is 0. The smallest absolute Gasteiger partial charge is 0.335 e. The van der Waals surface area contributed by atoms with Crippen molar-refractivity contribution in [2.45, 2.75) is 61.4 Å². The van der Waals surface area contributed by atoms with Crippen LogP contribution in [0.3, 0.4) is 0 Å². The van der Waals surface area contributed by atoms with Gasteiger partial charge in [0.1, 0.15) is 36.6 Å². The molecule has 0 spiro atoms. The normalized spacial score (nSPS) is 44.2. The monoisotopic (exact) mass is 412 g/mol. The van der Waals surface area contributed by atoms with Crippen molar-refractivity contribution in [1.29, 1.82) is 0 Å². The van der Waals surface area contributed by atoms with Crippen molar-refractivity contribution in [1.82, 2.24) is 0 Å². The molecule has 0 aromatic rings. The van der Waals surface area contributed by atoms with E-state index >= 15 is 0 Å². The minimum absolute atomic E-state index is 1.12. The summed E-state index contributed by atoms with van der Waals surface area (Å²) in [6.07, 6.45) is -15.7. The van der Waals surface area contributed by atoms with Gasteiger partial charge in [0, 0.05) is 21.3 Å². The van der Waals surface area contributed by atoms with Crippen molar-refractivity contribution >= 4 is 11.9 Å². The van der Waals surface area contributed by atoms with Crippen LogP contribution >= 0.6 is 0 Å². The van der Waals surface area contributed by atoms with E-state index < -0.39 is 73.4 Å². The van der Waals surface area contributed by atoms with E-state index in [0.29, 0.717) is 0 Å². The highest BCUT2D eigenvalue weighted by molar-refractivity contribution is 5.74. The van der Waals surface area contributed by atoms with Crippen LogP contribution in [0.1, 0.15) is 0 Å². The van der Waals surface area contributed by atoms with Gasteiger partial charge in [-0.3, -0.25) is 0 Å². The fraction of sp³-hybridized carbons (Fsp3) is 0.867. The number of hydrogen-bond donors (Lipinski definition) is 5. The molecule has 0 aromatic heterocycles. The number of carboxylic acids is 2. The minimum atomic E-state index is -1.79. The SMILES string of the molecule is COC1OC(C(=O)O)[C@H](O[C@H]2O[C@@H](C(=O)O)C(OC)C(O)C2O)[C@H](OC)[C@@H]1O. The van der Waals surface area contributed by atoms with Gasteiger partial charge < -0.3 is 54.0 Å². The number of carbonyl (C=O) groups is 2. The Hall–Kier alpha value is -1.42. The van der Waals surface area contributed by atoms with E-state index in [9.17, 15) is 35.1 Å². The van der Waals surface area contributed by atoms with Crippen molar-refractivity contribution in [2.24, 2.45) is 0 Å². The Balaban J connectivity index is 2.28. The highest BCUT2D eigenvalue weighted by atomic mass is 16.7. The van der Waals surface area contributed by atoms with E-state index in [-0.39, 0.29) is 0 Å². The van der Waals surface area contributed by atoms with Crippen molar-refractivity contribution in [2.75, 3.05) is 21.3 Å². The highest BCUT2D eigenvalue weighted by Crippen LogP contribution is 2.31. The van der Waals surface area contributed by atoms with Gasteiger partial charge in [-0.05, 0) is 0 Å². The molecular formula is C15H24O13. The molecule has 2 rings (SSSR count). The molecule has 0 radical (unpaired) electrons. The van der Waals surface area contributed by atoms with E-state index in [1.807, 2.05) is 0 Å². The van der Waals surface area contributed by atoms with E-state index in [0.717, 1.165) is 7.11 Å². The molecule has 5 unspecified atom stereocenters. The first kappa shape index (κ1) is 22.9. The molecule has 28 heavy (non-hydrogen) atoms. The summed E-state index contributed by atoms with van der Waals surface area (Å²) < 4.78 is 30.6. The van der Waals surface area contributed by atoms with Crippen LogP contribution in [0.25, 0.3) is 0 Å². The zero-order valence-corrected chi connectivity index (χ0v) is 15.3. The first-order valence-electron chi connectivity index (χ1n) is 8.22. The third-order valence-electron chi connectivity index (χ3n) is 4.62. The summed E-state index contributed by atoms with van der Waals surface area (Å²) in [5.41, 5.74) is 0. The molecule has 0 bridgehead atoms. The Bertz CT molecular complexity index is 556. The number of aliphatic hydroxyl groups is 3. The van der Waals surface area contributed by atoms with Gasteiger partial charge in [-0.2, -0.15) is 0 Å². The van der Waals surface area contributed by atoms with Crippen LogP contribution in [0.5, 0.6) is 0 Å². The lowest BCUT2D eigenvalue weighted by Crippen LogP contribution is -2.66. The second-order valence-electron chi connectivity index (χ2n) is 6.24. The summed E-state index contributed by atoms with van der Waals surface area (Å²) in [6.45, 7) is 0. The van der Waals surface area contributed by atoms with Crippen LogP contribution in [0.4, 0.5) is 0 Å². The number of rotatable bonds is 7. The zero-order valence-electron chi connectivity index (χ0n) is 15.3. The lowest BCUT2D eigenvalue weighted by atomic mass is 9.96. The molecule has 0 amide bonds. The number of hydrogen-bond acceptors (Lipinski definition) is 11. The lowest BCUT2D eigenvalue weighted by molar-refractivity contribution is -0.351. The van der Waals surface area contributed by atoms with Crippen molar-refractivity contribution in [3.63, 3.8) is 0 Å². The van der Waals surface area contributed by atoms with Gasteiger partial charge in [-0.15, -0.1) is 0 Å². The Labute approximate surface area is 159 Å². The topological polar surface area (TPSA) is 191 Å². The Kier molecular flexibility index (Phi) is 7.66. The third-order valence-corrected chi connectivity index (χ3v) is 4.62. The lowest BCUT2D eigenvalue weighted by Gasteiger charge is -2.45. The van der Waals surface area contributed by atoms with Gasteiger partial charge in [0.25, 0.3) is 0 Å². The molecule has 2 saturated heterocycles. The molecule has 10 atom stereocenters. The predicted octanol–water partition coefficient (Wildman–Crippen LogP) is -3.25.